The molecule has 1 heterocycles. The SMILES string of the molecule is [O]Cc1cnc[nH]1. The minimum atomic E-state index is -0.208. The molecule has 1 N–H and O–H groups in total. The van der Waals surface area contributed by atoms with Crippen LogP contribution in [0, 0.1) is 0 Å². The lowest BCUT2D eigenvalue weighted by atomic mass is 10.5. The Kier molecular flexibility index (Phi) is 1.08. The molecule has 1 rings (SSSR count). The van der Waals surface area contributed by atoms with Crippen molar-refractivity contribution in [3.05, 3.63) is 18.2 Å². The molecule has 0 aliphatic carbocycles. The van der Waals surface area contributed by atoms with Gasteiger partial charge in [-0.2, -0.15) is 0 Å². The van der Waals surface area contributed by atoms with Gasteiger partial charge in [0.2, 0.25) is 0 Å². The van der Waals surface area contributed by atoms with E-state index < -0.39 is 0 Å². The van der Waals surface area contributed by atoms with Gasteiger partial charge < -0.3 is 4.98 Å². The van der Waals surface area contributed by atoms with Gasteiger partial charge in [0.15, 0.2) is 0 Å². The maximum absolute atomic E-state index is 9.92. The quantitative estimate of drug-likeness (QED) is 0.539. The number of nitrogens with one attached hydrogen (secondary N) is 1. The number of imidazole rings is 1. The Morgan fingerprint density at radius 1 is 1.86 bits per heavy atom. The second kappa shape index (κ2) is 1.75. The first-order chi connectivity index (χ1) is 3.43. The van der Waals surface area contributed by atoms with Crippen LogP contribution < -0.4 is 0 Å². The third-order valence-electron chi connectivity index (χ3n) is 0.710. The van der Waals surface area contributed by atoms with Crippen LogP contribution in [0.2, 0.25) is 0 Å². The van der Waals surface area contributed by atoms with Crippen LogP contribution in [-0.4, -0.2) is 9.97 Å². The number of nitrogens with zero attached hydrogens (tertiary/aromatic N) is 1. The van der Waals surface area contributed by atoms with Gasteiger partial charge in [-0.05, 0) is 0 Å². The number of rotatable bonds is 1. The lowest BCUT2D eigenvalue weighted by Gasteiger charge is -1.76. The van der Waals surface area contributed by atoms with Gasteiger partial charge in [0.25, 0.3) is 0 Å². The molecule has 0 saturated carbocycles. The largest absolute Gasteiger partial charge is 0.346 e. The Bertz CT molecular complexity index is 124. The molecule has 0 unspecified atom stereocenters. The summed E-state index contributed by atoms with van der Waals surface area (Å²) in [7, 11) is 0. The third kappa shape index (κ3) is 0.778. The summed E-state index contributed by atoms with van der Waals surface area (Å²) < 4.78 is 0. The van der Waals surface area contributed by atoms with Gasteiger partial charge in [-0.3, -0.25) is 0 Å². The van der Waals surface area contributed by atoms with Crippen LogP contribution in [0.25, 0.3) is 0 Å². The highest BCUT2D eigenvalue weighted by molar-refractivity contribution is 4.90. The van der Waals surface area contributed by atoms with Gasteiger partial charge in [-0.1, -0.05) is 0 Å². The molecule has 0 atom stereocenters. The van der Waals surface area contributed by atoms with Crippen molar-refractivity contribution in [1.29, 1.82) is 0 Å². The van der Waals surface area contributed by atoms with Gasteiger partial charge in [0.05, 0.1) is 18.2 Å². The molecule has 0 amide bonds. The molecule has 1 radical (unpaired) electrons. The summed E-state index contributed by atoms with van der Waals surface area (Å²) in [6, 6.07) is 0. The molecule has 0 aromatic carbocycles. The van der Waals surface area contributed by atoms with Crippen LogP contribution in [0.5, 0.6) is 0 Å². The van der Waals surface area contributed by atoms with Crippen LogP contribution in [0.1, 0.15) is 5.69 Å². The molecule has 0 aliphatic rings. The van der Waals surface area contributed by atoms with Crippen LogP contribution in [0.15, 0.2) is 12.5 Å². The van der Waals surface area contributed by atoms with Crippen molar-refractivity contribution < 1.29 is 5.11 Å². The van der Waals surface area contributed by atoms with Crippen molar-refractivity contribution in [1.82, 2.24) is 9.97 Å². The summed E-state index contributed by atoms with van der Waals surface area (Å²) in [6.07, 6.45) is 3.01. The van der Waals surface area contributed by atoms with Crippen molar-refractivity contribution in [2.45, 2.75) is 6.61 Å². The predicted octanol–water partition coefficient (Wildman–Crippen LogP) is 0.340. The van der Waals surface area contributed by atoms with E-state index in [0.29, 0.717) is 5.69 Å². The van der Waals surface area contributed by atoms with Gasteiger partial charge in [0.1, 0.15) is 6.61 Å². The first-order valence-electron chi connectivity index (χ1n) is 1.99. The average Bonchev–Trinajstić information content (AvgIpc) is 2.14. The topological polar surface area (TPSA) is 48.6 Å². The van der Waals surface area contributed by atoms with E-state index in [2.05, 4.69) is 9.97 Å². The fourth-order valence-corrected chi connectivity index (χ4v) is 0.364. The number of hydrogen-bond donors (Lipinski definition) is 1. The molecular weight excluding hydrogens is 92.1 g/mol. The van der Waals surface area contributed by atoms with Crippen molar-refractivity contribution in [2.24, 2.45) is 0 Å². The second-order valence-electron chi connectivity index (χ2n) is 1.22. The lowest BCUT2D eigenvalue weighted by Crippen LogP contribution is -1.75. The first kappa shape index (κ1) is 4.33. The standard InChI is InChI=1S/C4H5N2O/c7-2-4-1-5-3-6-4/h1,3H,2H2,(H,5,6). The fourth-order valence-electron chi connectivity index (χ4n) is 0.364. The molecule has 37 valence electrons. The summed E-state index contributed by atoms with van der Waals surface area (Å²) in [6.45, 7) is -0.208. The van der Waals surface area contributed by atoms with E-state index in [4.69, 9.17) is 0 Å². The molecule has 0 bridgehead atoms. The monoisotopic (exact) mass is 97.0 g/mol. The summed E-state index contributed by atoms with van der Waals surface area (Å²) in [5.74, 6) is 0. The maximum atomic E-state index is 9.92. The van der Waals surface area contributed by atoms with Gasteiger partial charge >= 0.3 is 0 Å². The first-order valence-corrected chi connectivity index (χ1v) is 1.99. The minimum absolute atomic E-state index is 0.208. The van der Waals surface area contributed by atoms with Crippen LogP contribution in [0.3, 0.4) is 0 Å². The Morgan fingerprint density at radius 2 is 2.71 bits per heavy atom. The Morgan fingerprint density at radius 3 is 3.00 bits per heavy atom. The molecule has 3 heteroatoms. The molecule has 0 aliphatic heterocycles. The zero-order valence-corrected chi connectivity index (χ0v) is 3.72. The fraction of sp³-hybridized carbons (Fsp3) is 0.250. The van der Waals surface area contributed by atoms with E-state index in [1.54, 1.807) is 0 Å². The van der Waals surface area contributed by atoms with Crippen molar-refractivity contribution in [3.8, 4) is 0 Å². The highest BCUT2D eigenvalue weighted by Gasteiger charge is 1.85. The van der Waals surface area contributed by atoms with E-state index in [0.717, 1.165) is 0 Å². The molecule has 0 fully saturated rings. The van der Waals surface area contributed by atoms with Crippen molar-refractivity contribution in [2.75, 3.05) is 0 Å². The molecule has 0 spiro atoms. The summed E-state index contributed by atoms with van der Waals surface area (Å²) in [5.41, 5.74) is 0.639. The van der Waals surface area contributed by atoms with Crippen LogP contribution in [0.4, 0.5) is 0 Å². The van der Waals surface area contributed by atoms with E-state index in [9.17, 15) is 5.11 Å². The molecule has 1 aromatic rings. The summed E-state index contributed by atoms with van der Waals surface area (Å²) in [4.78, 5) is 6.30. The highest BCUT2D eigenvalue weighted by atomic mass is 16.3. The Balaban J connectivity index is 2.76. The number of H-pyrrole nitrogens is 1. The average molecular weight is 97.1 g/mol. The lowest BCUT2D eigenvalue weighted by molar-refractivity contribution is 0.174. The second-order valence-corrected chi connectivity index (χ2v) is 1.22. The van der Waals surface area contributed by atoms with Crippen molar-refractivity contribution >= 4 is 0 Å². The molecule has 0 saturated heterocycles. The van der Waals surface area contributed by atoms with Gasteiger partial charge in [-0.25, -0.2) is 10.1 Å². The molecule has 3 nitrogen and oxygen atoms in total. The zero-order valence-electron chi connectivity index (χ0n) is 3.72. The number of aromatic amines is 1. The van der Waals surface area contributed by atoms with E-state index in [-0.39, 0.29) is 6.61 Å². The zero-order chi connectivity index (χ0) is 5.11. The third-order valence-corrected chi connectivity index (χ3v) is 0.710. The smallest absolute Gasteiger partial charge is 0.124 e. The van der Waals surface area contributed by atoms with E-state index >= 15 is 0 Å². The predicted molar refractivity (Wildman–Crippen MR) is 23.0 cm³/mol. The van der Waals surface area contributed by atoms with Gasteiger partial charge in [0, 0.05) is 0 Å². The summed E-state index contributed by atoms with van der Waals surface area (Å²) >= 11 is 0. The molecule has 1 aromatic heterocycles. The Hall–Kier alpha value is -0.830. The van der Waals surface area contributed by atoms with Crippen LogP contribution >= 0.6 is 0 Å². The maximum Gasteiger partial charge on any atom is 0.124 e. The van der Waals surface area contributed by atoms with Crippen molar-refractivity contribution in [3.63, 3.8) is 0 Å². The number of aromatic nitrogens is 2. The van der Waals surface area contributed by atoms with E-state index in [1.807, 2.05) is 0 Å². The highest BCUT2D eigenvalue weighted by Crippen LogP contribution is 1.86. The van der Waals surface area contributed by atoms with Gasteiger partial charge in [-0.15, -0.1) is 0 Å². The van der Waals surface area contributed by atoms with E-state index in [1.165, 1.54) is 12.5 Å². The molecular formula is C4H5N2O. The normalized spacial score (nSPS) is 9.29. The minimum Gasteiger partial charge on any atom is -0.346 e. The number of hydrogen-bond acceptors (Lipinski definition) is 1. The Labute approximate surface area is 41.0 Å². The summed E-state index contributed by atoms with van der Waals surface area (Å²) in [5, 5.41) is 9.92. The van der Waals surface area contributed by atoms with Crippen LogP contribution in [-0.2, 0) is 11.7 Å². The molecule has 7 heavy (non-hydrogen) atoms.